The lowest BCUT2D eigenvalue weighted by atomic mass is 10.1. The van der Waals surface area contributed by atoms with Crippen molar-refractivity contribution < 1.29 is 0 Å². The molecule has 2 heteroatoms. The summed E-state index contributed by atoms with van der Waals surface area (Å²) in [5.41, 5.74) is 0.741. The van der Waals surface area contributed by atoms with Gasteiger partial charge in [0, 0.05) is 0 Å². The fraction of sp³-hybridized carbons (Fsp3) is 0.222. The van der Waals surface area contributed by atoms with Crippen LogP contribution in [0, 0.1) is 11.3 Å². The second-order valence-corrected chi connectivity index (χ2v) is 3.68. The van der Waals surface area contributed by atoms with Crippen molar-refractivity contribution in [3.8, 4) is 6.07 Å². The predicted molar refractivity (Wildman–Crippen MR) is 54.2 cm³/mol. The zero-order valence-corrected chi connectivity index (χ0v) is 8.21. The summed E-state index contributed by atoms with van der Waals surface area (Å²) < 4.78 is 1.25. The summed E-state index contributed by atoms with van der Waals surface area (Å²) in [6.07, 6.45) is 9.93. The van der Waals surface area contributed by atoms with Gasteiger partial charge in [0.15, 0.2) is 0 Å². The lowest BCUT2D eigenvalue weighted by Crippen LogP contribution is -1.79. The molecule has 1 nitrogen and oxygen atoms in total. The molecule has 11 heavy (non-hydrogen) atoms. The molecule has 1 aliphatic carbocycles. The molecule has 0 spiro atoms. The van der Waals surface area contributed by atoms with Crippen LogP contribution in [0.3, 0.4) is 0 Å². The summed E-state index contributed by atoms with van der Waals surface area (Å²) in [7, 11) is 0. The van der Waals surface area contributed by atoms with Gasteiger partial charge in [-0.2, -0.15) is 5.26 Å². The first-order chi connectivity index (χ1) is 5.33. The smallest absolute Gasteiger partial charge is 0.0991 e. The molecule has 0 heterocycles. The van der Waals surface area contributed by atoms with E-state index in [1.807, 2.05) is 18.2 Å². The first-order valence-corrected chi connectivity index (χ1v) is 4.54. The van der Waals surface area contributed by atoms with Crippen LogP contribution in [0.2, 0.25) is 0 Å². The zero-order chi connectivity index (χ0) is 8.10. The topological polar surface area (TPSA) is 23.8 Å². The summed E-state index contributed by atoms with van der Waals surface area (Å²) in [4.78, 5) is 0. The Bertz CT molecular complexity index is 266. The first-order valence-electron chi connectivity index (χ1n) is 3.46. The Morgan fingerprint density at radius 3 is 3.09 bits per heavy atom. The maximum atomic E-state index is 8.63. The van der Waals surface area contributed by atoms with Crippen molar-refractivity contribution in [3.05, 3.63) is 33.5 Å². The van der Waals surface area contributed by atoms with Gasteiger partial charge >= 0.3 is 0 Å². The van der Waals surface area contributed by atoms with Gasteiger partial charge in [-0.05, 0) is 51.2 Å². The van der Waals surface area contributed by atoms with Crippen LogP contribution in [-0.2, 0) is 0 Å². The minimum Gasteiger partial charge on any atom is -0.192 e. The SMILES string of the molecule is N#CC1=C/C=C\CCC(I)=C1. The normalized spacial score (nSPS) is 20.4. The standard InChI is InChI=1S/C9H8IN/c10-9-5-3-1-2-4-8(6-9)7-11/h1-2,4,6H,3,5H2/b2-1-,8-4?,9-6?. The molecule has 0 saturated heterocycles. The van der Waals surface area contributed by atoms with Gasteiger partial charge in [-0.3, -0.25) is 0 Å². The average molecular weight is 257 g/mol. The summed E-state index contributed by atoms with van der Waals surface area (Å²) in [5, 5.41) is 8.63. The van der Waals surface area contributed by atoms with Gasteiger partial charge in [0.1, 0.15) is 0 Å². The molecule has 0 aliphatic heterocycles. The van der Waals surface area contributed by atoms with E-state index >= 15 is 0 Å². The summed E-state index contributed by atoms with van der Waals surface area (Å²) in [5.74, 6) is 0. The number of nitriles is 1. The van der Waals surface area contributed by atoms with Crippen LogP contribution in [-0.4, -0.2) is 0 Å². The van der Waals surface area contributed by atoms with Crippen LogP contribution < -0.4 is 0 Å². The molecule has 1 aliphatic rings. The monoisotopic (exact) mass is 257 g/mol. The fourth-order valence-corrected chi connectivity index (χ4v) is 1.49. The predicted octanol–water partition coefficient (Wildman–Crippen LogP) is 3.11. The maximum Gasteiger partial charge on any atom is 0.0991 e. The molecular weight excluding hydrogens is 249 g/mol. The third kappa shape index (κ3) is 2.89. The molecule has 0 radical (unpaired) electrons. The highest BCUT2D eigenvalue weighted by Crippen LogP contribution is 2.18. The van der Waals surface area contributed by atoms with Gasteiger partial charge in [-0.25, -0.2) is 0 Å². The van der Waals surface area contributed by atoms with Crippen molar-refractivity contribution >= 4 is 22.6 Å². The van der Waals surface area contributed by atoms with E-state index in [9.17, 15) is 0 Å². The van der Waals surface area contributed by atoms with Crippen molar-refractivity contribution in [2.75, 3.05) is 0 Å². The molecule has 1 rings (SSSR count). The Labute approximate surface area is 80.2 Å². The molecule has 0 aromatic rings. The lowest BCUT2D eigenvalue weighted by Gasteiger charge is -1.97. The highest BCUT2D eigenvalue weighted by Gasteiger charge is 1.95. The molecule has 0 aromatic carbocycles. The van der Waals surface area contributed by atoms with E-state index < -0.39 is 0 Å². The number of halogens is 1. The van der Waals surface area contributed by atoms with Crippen LogP contribution in [0.5, 0.6) is 0 Å². The van der Waals surface area contributed by atoms with Gasteiger partial charge < -0.3 is 0 Å². The molecule has 0 atom stereocenters. The van der Waals surface area contributed by atoms with Crippen molar-refractivity contribution in [3.63, 3.8) is 0 Å². The quantitative estimate of drug-likeness (QED) is 0.611. The Balaban J connectivity index is 2.89. The van der Waals surface area contributed by atoms with Gasteiger partial charge in [-0.15, -0.1) is 0 Å². The van der Waals surface area contributed by atoms with Crippen molar-refractivity contribution in [1.29, 1.82) is 5.26 Å². The molecule has 56 valence electrons. The first kappa shape index (κ1) is 8.54. The summed E-state index contributed by atoms with van der Waals surface area (Å²) in [6, 6.07) is 2.13. The van der Waals surface area contributed by atoms with Crippen molar-refractivity contribution in [2.24, 2.45) is 0 Å². The highest BCUT2D eigenvalue weighted by atomic mass is 127. The number of rotatable bonds is 0. The van der Waals surface area contributed by atoms with Gasteiger partial charge in [0.25, 0.3) is 0 Å². The highest BCUT2D eigenvalue weighted by molar-refractivity contribution is 14.1. The molecule has 0 amide bonds. The van der Waals surface area contributed by atoms with Gasteiger partial charge in [-0.1, -0.05) is 12.2 Å². The molecule has 0 fully saturated rings. The Morgan fingerprint density at radius 1 is 1.55 bits per heavy atom. The Morgan fingerprint density at radius 2 is 2.36 bits per heavy atom. The van der Waals surface area contributed by atoms with Crippen LogP contribution >= 0.6 is 22.6 Å². The Hall–Kier alpha value is -0.560. The zero-order valence-electron chi connectivity index (χ0n) is 6.05. The van der Waals surface area contributed by atoms with Crippen LogP contribution in [0.1, 0.15) is 12.8 Å². The van der Waals surface area contributed by atoms with E-state index in [1.54, 1.807) is 0 Å². The van der Waals surface area contributed by atoms with Crippen molar-refractivity contribution in [2.45, 2.75) is 12.8 Å². The van der Waals surface area contributed by atoms with E-state index in [2.05, 4.69) is 34.7 Å². The maximum absolute atomic E-state index is 8.63. The Kier molecular flexibility index (Phi) is 3.37. The molecule has 0 N–H and O–H groups in total. The van der Waals surface area contributed by atoms with E-state index in [1.165, 1.54) is 3.58 Å². The minimum absolute atomic E-state index is 0.741. The summed E-state index contributed by atoms with van der Waals surface area (Å²) >= 11 is 2.27. The van der Waals surface area contributed by atoms with E-state index in [0.29, 0.717) is 0 Å². The number of nitrogens with zero attached hydrogens (tertiary/aromatic N) is 1. The van der Waals surface area contributed by atoms with Crippen LogP contribution in [0.25, 0.3) is 0 Å². The van der Waals surface area contributed by atoms with E-state index in [4.69, 9.17) is 5.26 Å². The van der Waals surface area contributed by atoms with Crippen LogP contribution in [0.4, 0.5) is 0 Å². The van der Waals surface area contributed by atoms with E-state index in [0.717, 1.165) is 18.4 Å². The molecular formula is C9H8IN. The molecule has 0 bridgehead atoms. The van der Waals surface area contributed by atoms with Gasteiger partial charge in [0.2, 0.25) is 0 Å². The third-order valence-electron chi connectivity index (χ3n) is 1.40. The summed E-state index contributed by atoms with van der Waals surface area (Å²) in [6.45, 7) is 0. The number of hydrogen-bond donors (Lipinski definition) is 0. The molecule has 0 saturated carbocycles. The third-order valence-corrected chi connectivity index (χ3v) is 2.25. The van der Waals surface area contributed by atoms with E-state index in [-0.39, 0.29) is 0 Å². The van der Waals surface area contributed by atoms with Gasteiger partial charge in [0.05, 0.1) is 11.6 Å². The second kappa shape index (κ2) is 4.35. The van der Waals surface area contributed by atoms with Crippen molar-refractivity contribution in [1.82, 2.24) is 0 Å². The minimum atomic E-state index is 0.741. The molecule has 0 aromatic heterocycles. The largest absolute Gasteiger partial charge is 0.192 e. The fourth-order valence-electron chi connectivity index (χ4n) is 0.848. The van der Waals surface area contributed by atoms with Crippen LogP contribution in [0.15, 0.2) is 33.5 Å². The molecule has 0 unspecified atom stereocenters. The number of hydrogen-bond acceptors (Lipinski definition) is 1. The number of allylic oxidation sites excluding steroid dienone is 6. The lowest BCUT2D eigenvalue weighted by molar-refractivity contribution is 1.04. The second-order valence-electron chi connectivity index (χ2n) is 2.29. The average Bonchev–Trinajstić information content (AvgIpc) is 1.96.